The fourth-order valence-electron chi connectivity index (χ4n) is 5.10. The molecule has 0 aliphatic rings. The van der Waals surface area contributed by atoms with Crippen LogP contribution in [0.4, 0.5) is 34.1 Å². The average Bonchev–Trinajstić information content (AvgIpc) is 3.56. The largest absolute Gasteiger partial charge is 0.486 e. The summed E-state index contributed by atoms with van der Waals surface area (Å²) in [5.41, 5.74) is 7.11. The average molecular weight is 616 g/mol. The number of thiophene rings is 1. The summed E-state index contributed by atoms with van der Waals surface area (Å²) in [5, 5.41) is 9.12. The van der Waals surface area contributed by atoms with Crippen molar-refractivity contribution in [2.24, 2.45) is 0 Å². The van der Waals surface area contributed by atoms with E-state index in [1.807, 2.05) is 54.6 Å². The monoisotopic (exact) mass is 615 g/mol. The molecule has 0 radical (unpaired) electrons. The second-order valence-electron chi connectivity index (χ2n) is 10.3. The van der Waals surface area contributed by atoms with Crippen LogP contribution in [0.25, 0.3) is 23.1 Å². The normalized spacial score (nSPS) is 11.2. The van der Waals surface area contributed by atoms with Gasteiger partial charge in [-0.05, 0) is 103 Å². The highest BCUT2D eigenvalue weighted by Gasteiger charge is 2.15. The predicted molar refractivity (Wildman–Crippen MR) is 191 cm³/mol. The summed E-state index contributed by atoms with van der Waals surface area (Å²) in [7, 11) is 0. The lowest BCUT2D eigenvalue weighted by molar-refractivity contribution is -0.132. The van der Waals surface area contributed by atoms with Crippen molar-refractivity contribution in [2.75, 3.05) is 9.80 Å². The Kier molecular flexibility index (Phi) is 9.15. The highest BCUT2D eigenvalue weighted by atomic mass is 32.1. The second kappa shape index (κ2) is 14.1. The van der Waals surface area contributed by atoms with Crippen LogP contribution in [0.3, 0.4) is 0 Å². The molecule has 1 heterocycles. The van der Waals surface area contributed by atoms with E-state index in [-0.39, 0.29) is 5.70 Å². The molecule has 0 fully saturated rings. The third-order valence-corrected chi connectivity index (χ3v) is 8.26. The molecule has 0 amide bonds. The molecule has 0 saturated carbocycles. The first kappa shape index (κ1) is 29.9. The summed E-state index contributed by atoms with van der Waals surface area (Å²) in [6.07, 6.45) is 5.42. The smallest absolute Gasteiger partial charge is 0.333 e. The van der Waals surface area contributed by atoms with Gasteiger partial charge >= 0.3 is 5.97 Å². The molecule has 46 heavy (non-hydrogen) atoms. The van der Waals surface area contributed by atoms with Crippen LogP contribution in [0.15, 0.2) is 157 Å². The minimum absolute atomic E-state index is 0.296. The Morgan fingerprint density at radius 3 is 1.35 bits per heavy atom. The molecule has 0 unspecified atom stereocenters. The molecular weight excluding hydrogens is 587 g/mol. The molecule has 6 rings (SSSR count). The maximum Gasteiger partial charge on any atom is 0.333 e. The van der Waals surface area contributed by atoms with E-state index >= 15 is 0 Å². The van der Waals surface area contributed by atoms with Crippen LogP contribution in [0.5, 0.6) is 0 Å². The van der Waals surface area contributed by atoms with Gasteiger partial charge in [-0.3, -0.25) is 4.79 Å². The van der Waals surface area contributed by atoms with Gasteiger partial charge in [0.25, 0.3) is 5.70 Å². The number of carbonyl (C=O) groups is 1. The minimum Gasteiger partial charge on any atom is -0.486 e. The molecule has 5 nitrogen and oxygen atoms in total. The third kappa shape index (κ3) is 6.97. The number of aliphatic carboxylic acids is 1. The van der Waals surface area contributed by atoms with Gasteiger partial charge in [0.2, 0.25) is 0 Å². The number of carboxylic acid groups (broad SMARTS) is 1. The Labute approximate surface area is 272 Å². The number of para-hydroxylation sites is 3. The molecule has 6 aromatic rings. The number of benzene rings is 5. The molecule has 0 saturated heterocycles. The van der Waals surface area contributed by atoms with Crippen LogP contribution in [0.1, 0.15) is 15.3 Å². The molecular formula is C40H29N3O2S. The van der Waals surface area contributed by atoms with Gasteiger partial charge in [0.15, 0.2) is 0 Å². The first-order valence-corrected chi connectivity index (χ1v) is 15.5. The topological polar surface area (TPSA) is 48.1 Å². The van der Waals surface area contributed by atoms with E-state index < -0.39 is 5.97 Å². The van der Waals surface area contributed by atoms with Crippen molar-refractivity contribution >= 4 is 69.7 Å². The summed E-state index contributed by atoms with van der Waals surface area (Å²) < 4.78 is 0. The van der Waals surface area contributed by atoms with Gasteiger partial charge in [0.1, 0.15) is 0 Å². The van der Waals surface area contributed by atoms with Crippen LogP contribution >= 0.6 is 11.3 Å². The van der Waals surface area contributed by atoms with Crippen molar-refractivity contribution in [3.63, 3.8) is 0 Å². The van der Waals surface area contributed by atoms with Gasteiger partial charge in [-0.15, -0.1) is 11.3 Å². The van der Waals surface area contributed by atoms with Crippen LogP contribution in [-0.2, 0) is 4.79 Å². The summed E-state index contributed by atoms with van der Waals surface area (Å²) >= 11 is 1.43. The summed E-state index contributed by atoms with van der Waals surface area (Å²) in [6, 6.07) is 51.8. The van der Waals surface area contributed by atoms with Crippen molar-refractivity contribution in [1.29, 1.82) is 0 Å². The summed E-state index contributed by atoms with van der Waals surface area (Å²) in [6.45, 7) is 7.05. The molecule has 0 aliphatic heterocycles. The number of carboxylic acids is 1. The van der Waals surface area contributed by atoms with Crippen LogP contribution in [0, 0.1) is 6.57 Å². The van der Waals surface area contributed by atoms with E-state index in [4.69, 9.17) is 11.7 Å². The van der Waals surface area contributed by atoms with Gasteiger partial charge in [0.05, 0.1) is 6.57 Å². The van der Waals surface area contributed by atoms with Gasteiger partial charge in [-0.2, -0.15) is 0 Å². The van der Waals surface area contributed by atoms with Gasteiger partial charge in [0, 0.05) is 43.9 Å². The molecule has 1 aromatic heterocycles. The fraction of sp³-hybridized carbons (Fsp3) is 0. The van der Waals surface area contributed by atoms with E-state index in [0.29, 0.717) is 0 Å². The van der Waals surface area contributed by atoms with Gasteiger partial charge < -0.3 is 14.9 Å². The third-order valence-electron chi connectivity index (χ3n) is 7.27. The highest BCUT2D eigenvalue weighted by molar-refractivity contribution is 7.13. The minimum atomic E-state index is -1.22. The van der Waals surface area contributed by atoms with E-state index in [1.54, 1.807) is 0 Å². The molecule has 6 heteroatoms. The molecule has 0 bridgehead atoms. The number of hydrogen-bond acceptors (Lipinski definition) is 4. The molecule has 0 atom stereocenters. The number of hydrogen-bond donors (Lipinski definition) is 1. The van der Waals surface area contributed by atoms with E-state index in [9.17, 15) is 4.79 Å². The van der Waals surface area contributed by atoms with Crippen LogP contribution < -0.4 is 9.80 Å². The Morgan fingerprint density at radius 1 is 0.543 bits per heavy atom. The predicted octanol–water partition coefficient (Wildman–Crippen LogP) is 11.2. The first-order valence-electron chi connectivity index (χ1n) is 14.6. The summed E-state index contributed by atoms with van der Waals surface area (Å²) in [4.78, 5) is 20.4. The fourth-order valence-corrected chi connectivity index (χ4v) is 5.95. The molecule has 0 aliphatic carbocycles. The van der Waals surface area contributed by atoms with Gasteiger partial charge in [-0.1, -0.05) is 72.8 Å². The zero-order valence-electron chi connectivity index (χ0n) is 24.8. The maximum absolute atomic E-state index is 11.2. The lowest BCUT2D eigenvalue weighted by atomic mass is 10.1. The molecule has 5 aromatic carbocycles. The lowest BCUT2D eigenvalue weighted by Crippen LogP contribution is -2.12. The molecule has 222 valence electrons. The number of anilines is 6. The number of rotatable bonds is 10. The van der Waals surface area contributed by atoms with Crippen LogP contribution in [-0.4, -0.2) is 11.1 Å². The number of nitrogens with zero attached hydrogens (tertiary/aromatic N) is 3. The van der Waals surface area contributed by atoms with Crippen LogP contribution in [0.2, 0.25) is 0 Å². The molecule has 1 N–H and O–H groups in total. The Balaban J connectivity index is 1.27. The maximum atomic E-state index is 11.2. The molecule has 0 spiro atoms. The van der Waals surface area contributed by atoms with E-state index in [2.05, 4.69) is 124 Å². The highest BCUT2D eigenvalue weighted by Crippen LogP contribution is 2.39. The van der Waals surface area contributed by atoms with Crippen molar-refractivity contribution in [2.45, 2.75) is 0 Å². The van der Waals surface area contributed by atoms with Crippen molar-refractivity contribution in [3.05, 3.63) is 184 Å². The lowest BCUT2D eigenvalue weighted by Gasteiger charge is -2.28. The Morgan fingerprint density at radius 2 is 0.935 bits per heavy atom. The van der Waals surface area contributed by atoms with E-state index in [0.717, 1.165) is 49.4 Å². The summed E-state index contributed by atoms with van der Waals surface area (Å²) in [5.74, 6) is -1.22. The SMILES string of the molecule is [C-]#[N+]/C(=C\c1ccc(/C=C/c2ccc(N(c3ccccc3)c3ccc(N(c4ccccc4)c4ccccc4)cc3)cc2)s1)C(=O)O. The van der Waals surface area contributed by atoms with Crippen molar-refractivity contribution < 1.29 is 9.90 Å². The standard InChI is InChI=1S/C40H29N3O2S/c1-41-39(40(44)45)29-38-28-27-37(46-38)26-19-30-17-20-34(21-18-30)43(33-15-9-4-10-16-33)36-24-22-35(23-25-36)42(31-11-5-2-6-12-31)32-13-7-3-8-14-32/h2-29H,(H,44,45)/b26-19+,39-29-. The quantitative estimate of drug-likeness (QED) is 0.123. The second-order valence-corrected chi connectivity index (χ2v) is 11.5. The zero-order chi connectivity index (χ0) is 31.7. The van der Waals surface area contributed by atoms with E-state index in [1.165, 1.54) is 17.4 Å². The zero-order valence-corrected chi connectivity index (χ0v) is 25.6. The Bertz CT molecular complexity index is 1970. The Hall–Kier alpha value is -6.16. The van der Waals surface area contributed by atoms with Crippen molar-refractivity contribution in [3.8, 4) is 0 Å². The first-order chi connectivity index (χ1) is 22.6. The van der Waals surface area contributed by atoms with Gasteiger partial charge in [-0.25, -0.2) is 4.85 Å². The van der Waals surface area contributed by atoms with Crippen molar-refractivity contribution in [1.82, 2.24) is 0 Å².